The van der Waals surface area contributed by atoms with Gasteiger partial charge in [-0.3, -0.25) is 9.29 Å². The average Bonchev–Trinajstić information content (AvgIpc) is 3.33. The molecular weight excluding hydrogens is 465 g/mol. The molecule has 2 aliphatic rings. The summed E-state index contributed by atoms with van der Waals surface area (Å²) in [6.45, 7) is 4.94. The van der Waals surface area contributed by atoms with Crippen molar-refractivity contribution in [2.24, 2.45) is 5.92 Å². The maximum absolute atomic E-state index is 12.8. The van der Waals surface area contributed by atoms with E-state index in [9.17, 15) is 9.50 Å². The van der Waals surface area contributed by atoms with Crippen molar-refractivity contribution in [2.75, 3.05) is 32.9 Å². The van der Waals surface area contributed by atoms with Crippen LogP contribution in [0.4, 0.5) is 4.39 Å². The third kappa shape index (κ3) is 5.16. The predicted octanol–water partition coefficient (Wildman–Crippen LogP) is 6.78. The normalized spacial score (nSPS) is 20.0. The number of phenolic OH excluding ortho intramolecular Hbond substituents is 1. The number of rotatable bonds is 7. The Morgan fingerprint density at radius 1 is 1.11 bits per heavy atom. The molecule has 2 atom stereocenters. The van der Waals surface area contributed by atoms with E-state index in [1.807, 2.05) is 55.5 Å². The summed E-state index contributed by atoms with van der Waals surface area (Å²) >= 11 is 6.32. The van der Waals surface area contributed by atoms with Crippen LogP contribution in [0.2, 0.25) is 5.02 Å². The zero-order chi connectivity index (χ0) is 24.4. The SMILES string of the molecule is CC1=C(c2cccc(Cl)c2)C(c2ccc(OCCN3CC[C@@H](CF)C3)cc2)Oc2ccc(O)cc21. The van der Waals surface area contributed by atoms with Crippen LogP contribution in [0, 0.1) is 5.92 Å². The minimum absolute atomic E-state index is 0.170. The molecule has 1 saturated heterocycles. The molecule has 182 valence electrons. The van der Waals surface area contributed by atoms with Crippen molar-refractivity contribution < 1.29 is 19.0 Å². The number of likely N-dealkylation sites (tertiary alicyclic amines) is 1. The van der Waals surface area contributed by atoms with Gasteiger partial charge in [-0.2, -0.15) is 0 Å². The van der Waals surface area contributed by atoms with Crippen molar-refractivity contribution in [3.05, 3.63) is 88.4 Å². The summed E-state index contributed by atoms with van der Waals surface area (Å²) in [5, 5.41) is 10.7. The number of nitrogens with zero attached hydrogens (tertiary/aromatic N) is 1. The van der Waals surface area contributed by atoms with Gasteiger partial charge in [-0.15, -0.1) is 0 Å². The van der Waals surface area contributed by atoms with E-state index in [0.29, 0.717) is 11.6 Å². The van der Waals surface area contributed by atoms with Crippen molar-refractivity contribution in [3.8, 4) is 17.2 Å². The maximum atomic E-state index is 12.8. The predicted molar refractivity (Wildman–Crippen MR) is 138 cm³/mol. The Kier molecular flexibility index (Phi) is 6.98. The molecule has 2 heterocycles. The molecule has 0 bridgehead atoms. The van der Waals surface area contributed by atoms with Crippen molar-refractivity contribution in [1.82, 2.24) is 4.90 Å². The third-order valence-corrected chi connectivity index (χ3v) is 7.10. The summed E-state index contributed by atoms with van der Waals surface area (Å²) in [6.07, 6.45) is 0.596. The summed E-state index contributed by atoms with van der Waals surface area (Å²) in [7, 11) is 0. The lowest BCUT2D eigenvalue weighted by Gasteiger charge is -2.31. The number of phenols is 1. The number of benzene rings is 3. The molecule has 0 amide bonds. The second-order valence-corrected chi connectivity index (χ2v) is 9.69. The van der Waals surface area contributed by atoms with Gasteiger partial charge < -0.3 is 14.6 Å². The smallest absolute Gasteiger partial charge is 0.150 e. The number of allylic oxidation sites excluding steroid dienone is 1. The number of fused-ring (bicyclic) bond motifs is 1. The number of hydrogen-bond donors (Lipinski definition) is 1. The first-order valence-electron chi connectivity index (χ1n) is 12.0. The fourth-order valence-electron chi connectivity index (χ4n) is 4.97. The standard InChI is InChI=1S/C29H29ClFNO3/c1-19-26-16-24(33)7-10-27(26)35-29(28(19)22-3-2-4-23(30)15-22)21-5-8-25(9-6-21)34-14-13-32-12-11-20(17-31)18-32/h2-10,15-16,20,29,33H,11-14,17-18H2,1H3/t20-,29?/m0/s1. The van der Waals surface area contributed by atoms with Gasteiger partial charge in [0, 0.05) is 35.2 Å². The van der Waals surface area contributed by atoms with Crippen LogP contribution >= 0.6 is 11.6 Å². The largest absolute Gasteiger partial charge is 0.508 e. The van der Waals surface area contributed by atoms with E-state index in [0.717, 1.165) is 65.4 Å². The van der Waals surface area contributed by atoms with E-state index in [4.69, 9.17) is 21.1 Å². The first-order chi connectivity index (χ1) is 17.0. The van der Waals surface area contributed by atoms with Crippen molar-refractivity contribution in [2.45, 2.75) is 19.4 Å². The molecule has 4 nitrogen and oxygen atoms in total. The van der Waals surface area contributed by atoms with E-state index >= 15 is 0 Å². The van der Waals surface area contributed by atoms with Gasteiger partial charge >= 0.3 is 0 Å². The zero-order valence-corrected chi connectivity index (χ0v) is 20.5. The molecule has 1 fully saturated rings. The van der Waals surface area contributed by atoms with Gasteiger partial charge in [0.05, 0.1) is 6.67 Å². The van der Waals surface area contributed by atoms with Gasteiger partial charge in [-0.1, -0.05) is 35.9 Å². The summed E-state index contributed by atoms with van der Waals surface area (Å²) in [4.78, 5) is 2.26. The van der Waals surface area contributed by atoms with E-state index in [2.05, 4.69) is 4.90 Å². The Labute approximate surface area is 210 Å². The van der Waals surface area contributed by atoms with Crippen molar-refractivity contribution in [1.29, 1.82) is 0 Å². The minimum atomic E-state index is -0.332. The Bertz CT molecular complexity index is 1230. The quantitative estimate of drug-likeness (QED) is 0.394. The molecule has 0 radical (unpaired) electrons. The first-order valence-corrected chi connectivity index (χ1v) is 12.4. The maximum Gasteiger partial charge on any atom is 0.150 e. The van der Waals surface area contributed by atoms with Crippen molar-refractivity contribution in [3.63, 3.8) is 0 Å². The molecule has 2 aliphatic heterocycles. The highest BCUT2D eigenvalue weighted by Crippen LogP contribution is 2.47. The van der Waals surface area contributed by atoms with Crippen LogP contribution in [-0.2, 0) is 0 Å². The van der Waals surface area contributed by atoms with Gasteiger partial charge in [0.15, 0.2) is 0 Å². The zero-order valence-electron chi connectivity index (χ0n) is 19.7. The number of alkyl halides is 1. The van der Waals surface area contributed by atoms with Gasteiger partial charge in [-0.25, -0.2) is 0 Å². The summed E-state index contributed by atoms with van der Waals surface area (Å²) < 4.78 is 25.3. The lowest BCUT2D eigenvalue weighted by molar-refractivity contribution is 0.228. The monoisotopic (exact) mass is 493 g/mol. The van der Waals surface area contributed by atoms with E-state index in [-0.39, 0.29) is 24.4 Å². The van der Waals surface area contributed by atoms with Gasteiger partial charge in [0.25, 0.3) is 0 Å². The van der Waals surface area contributed by atoms with Gasteiger partial charge in [0.2, 0.25) is 0 Å². The average molecular weight is 494 g/mol. The molecule has 0 aliphatic carbocycles. The highest BCUT2D eigenvalue weighted by Gasteiger charge is 2.29. The van der Waals surface area contributed by atoms with Crippen LogP contribution in [0.3, 0.4) is 0 Å². The topological polar surface area (TPSA) is 41.9 Å². The minimum Gasteiger partial charge on any atom is -0.508 e. The summed E-state index contributed by atoms with van der Waals surface area (Å²) in [5.41, 5.74) is 4.89. The summed E-state index contributed by atoms with van der Waals surface area (Å²) in [5.74, 6) is 1.89. The van der Waals surface area contributed by atoms with Gasteiger partial charge in [-0.05, 0) is 79.1 Å². The van der Waals surface area contributed by atoms with Crippen LogP contribution in [0.1, 0.15) is 36.1 Å². The molecule has 3 aromatic carbocycles. The second kappa shape index (κ2) is 10.3. The molecular formula is C29H29ClFNO3. The number of hydrogen-bond acceptors (Lipinski definition) is 4. The number of halogens is 2. The number of ether oxygens (including phenoxy) is 2. The lowest BCUT2D eigenvalue weighted by Crippen LogP contribution is -2.26. The molecule has 3 aromatic rings. The Balaban J connectivity index is 1.37. The fourth-order valence-corrected chi connectivity index (χ4v) is 5.16. The Morgan fingerprint density at radius 3 is 2.69 bits per heavy atom. The Morgan fingerprint density at radius 2 is 1.94 bits per heavy atom. The van der Waals surface area contributed by atoms with Crippen LogP contribution in [0.15, 0.2) is 66.7 Å². The molecule has 0 saturated carbocycles. The first kappa shape index (κ1) is 23.7. The highest BCUT2D eigenvalue weighted by molar-refractivity contribution is 6.30. The molecule has 0 spiro atoms. The van der Waals surface area contributed by atoms with Crippen molar-refractivity contribution >= 4 is 22.7 Å². The van der Waals surface area contributed by atoms with Gasteiger partial charge in [0.1, 0.15) is 30.0 Å². The van der Waals surface area contributed by atoms with E-state index in [1.165, 1.54) is 0 Å². The Hall–Kier alpha value is -3.02. The molecule has 6 heteroatoms. The van der Waals surface area contributed by atoms with E-state index < -0.39 is 0 Å². The molecule has 0 aromatic heterocycles. The fraction of sp³-hybridized carbons (Fsp3) is 0.310. The van der Waals surface area contributed by atoms with Crippen LogP contribution in [-0.4, -0.2) is 42.9 Å². The van der Waals surface area contributed by atoms with Crippen LogP contribution < -0.4 is 9.47 Å². The molecule has 1 unspecified atom stereocenters. The van der Waals surface area contributed by atoms with E-state index in [1.54, 1.807) is 18.2 Å². The summed E-state index contributed by atoms with van der Waals surface area (Å²) in [6, 6.07) is 20.9. The molecule has 5 rings (SSSR count). The number of aromatic hydroxyl groups is 1. The highest BCUT2D eigenvalue weighted by atomic mass is 35.5. The molecule has 35 heavy (non-hydrogen) atoms. The lowest BCUT2D eigenvalue weighted by atomic mass is 9.86. The molecule has 1 N–H and O–H groups in total. The van der Waals surface area contributed by atoms with Crippen LogP contribution in [0.5, 0.6) is 17.2 Å². The third-order valence-electron chi connectivity index (χ3n) is 6.86. The second-order valence-electron chi connectivity index (χ2n) is 9.25. The van der Waals surface area contributed by atoms with Crippen LogP contribution in [0.25, 0.3) is 11.1 Å².